The summed E-state index contributed by atoms with van der Waals surface area (Å²) in [6, 6.07) is 4.89. The molecule has 2 amide bonds. The smallest absolute Gasteiger partial charge is 0.437 e. The maximum atomic E-state index is 14.9. The highest BCUT2D eigenvalue weighted by atomic mass is 19.1. The van der Waals surface area contributed by atoms with E-state index >= 15 is 0 Å². The van der Waals surface area contributed by atoms with Gasteiger partial charge in [0, 0.05) is 51.9 Å². The quantitative estimate of drug-likeness (QED) is 0.473. The van der Waals surface area contributed by atoms with E-state index in [9.17, 15) is 14.0 Å². The van der Waals surface area contributed by atoms with Gasteiger partial charge in [0.05, 0.1) is 18.3 Å². The largest absolute Gasteiger partial charge is 0.443 e. The SMILES string of the molecule is COC1CN(CC(=O)N2CCN(c3cccc(COC(=O)N=C(N)N)c3F)CC2)C1. The first-order valence-corrected chi connectivity index (χ1v) is 9.69. The fraction of sp³-hybridized carbons (Fsp3) is 0.526. The van der Waals surface area contributed by atoms with Crippen molar-refractivity contribution in [2.24, 2.45) is 16.5 Å². The predicted octanol–water partition coefficient (Wildman–Crippen LogP) is -0.285. The number of guanidine groups is 1. The zero-order valence-corrected chi connectivity index (χ0v) is 16.9. The van der Waals surface area contributed by atoms with Gasteiger partial charge in [-0.05, 0) is 6.07 Å². The average Bonchev–Trinajstić information content (AvgIpc) is 2.69. The van der Waals surface area contributed by atoms with E-state index in [4.69, 9.17) is 20.9 Å². The van der Waals surface area contributed by atoms with Gasteiger partial charge in [-0.25, -0.2) is 9.18 Å². The second-order valence-corrected chi connectivity index (χ2v) is 7.26. The number of aliphatic imine (C=N–C) groups is 1. The van der Waals surface area contributed by atoms with Crippen molar-refractivity contribution in [3.05, 3.63) is 29.6 Å². The molecule has 2 aliphatic rings. The van der Waals surface area contributed by atoms with E-state index in [2.05, 4.69) is 9.89 Å². The van der Waals surface area contributed by atoms with Gasteiger partial charge in [-0.2, -0.15) is 0 Å². The second kappa shape index (κ2) is 9.72. The Bertz CT molecular complexity index is 802. The van der Waals surface area contributed by atoms with Crippen LogP contribution >= 0.6 is 0 Å². The molecule has 2 aliphatic heterocycles. The lowest BCUT2D eigenvalue weighted by molar-refractivity contribution is -0.136. The van der Waals surface area contributed by atoms with E-state index in [-0.39, 0.29) is 24.2 Å². The molecule has 10 nitrogen and oxygen atoms in total. The van der Waals surface area contributed by atoms with Gasteiger partial charge >= 0.3 is 6.09 Å². The molecule has 0 radical (unpaired) electrons. The number of hydrogen-bond acceptors (Lipinski definition) is 6. The first-order chi connectivity index (χ1) is 14.4. The summed E-state index contributed by atoms with van der Waals surface area (Å²) in [4.78, 5) is 32.8. The number of anilines is 1. The molecule has 30 heavy (non-hydrogen) atoms. The van der Waals surface area contributed by atoms with Crippen molar-refractivity contribution in [1.82, 2.24) is 9.80 Å². The molecule has 1 aromatic rings. The molecule has 2 fully saturated rings. The Hall–Kier alpha value is -2.92. The molecule has 4 N–H and O–H groups in total. The molecule has 0 atom stereocenters. The molecule has 0 bridgehead atoms. The third kappa shape index (κ3) is 5.36. The zero-order valence-electron chi connectivity index (χ0n) is 16.9. The van der Waals surface area contributed by atoms with E-state index in [0.717, 1.165) is 13.1 Å². The number of halogens is 1. The van der Waals surface area contributed by atoms with Crippen molar-refractivity contribution < 1.29 is 23.5 Å². The van der Waals surface area contributed by atoms with Crippen LogP contribution in [0.5, 0.6) is 0 Å². The number of likely N-dealkylation sites (tertiary alicyclic amines) is 1. The van der Waals surface area contributed by atoms with Crippen LogP contribution in [0.15, 0.2) is 23.2 Å². The monoisotopic (exact) mass is 422 g/mol. The van der Waals surface area contributed by atoms with Crippen LogP contribution in [0.3, 0.4) is 0 Å². The molecular weight excluding hydrogens is 395 g/mol. The number of amides is 2. The molecule has 0 aliphatic carbocycles. The maximum Gasteiger partial charge on any atom is 0.437 e. The van der Waals surface area contributed by atoms with Gasteiger partial charge in [0.25, 0.3) is 0 Å². The van der Waals surface area contributed by atoms with Crippen molar-refractivity contribution in [1.29, 1.82) is 0 Å². The number of hydrogen-bond donors (Lipinski definition) is 2. The topological polar surface area (TPSA) is 127 Å². The molecule has 3 rings (SSSR count). The molecule has 0 aromatic heterocycles. The summed E-state index contributed by atoms with van der Waals surface area (Å²) < 4.78 is 25.0. The Labute approximate surface area is 174 Å². The number of piperazine rings is 1. The van der Waals surface area contributed by atoms with Crippen molar-refractivity contribution in [2.75, 3.05) is 57.8 Å². The molecule has 2 saturated heterocycles. The van der Waals surface area contributed by atoms with Crippen molar-refractivity contribution in [3.63, 3.8) is 0 Å². The number of benzene rings is 1. The van der Waals surface area contributed by atoms with E-state index in [1.165, 1.54) is 6.07 Å². The average molecular weight is 422 g/mol. The fourth-order valence-electron chi connectivity index (χ4n) is 3.49. The van der Waals surface area contributed by atoms with Crippen LogP contribution in [0.25, 0.3) is 0 Å². The number of nitrogens with zero attached hydrogens (tertiary/aromatic N) is 4. The van der Waals surface area contributed by atoms with Crippen LogP contribution in [0, 0.1) is 5.82 Å². The Balaban J connectivity index is 1.52. The number of nitrogens with two attached hydrogens (primary N) is 2. The Morgan fingerprint density at radius 3 is 2.53 bits per heavy atom. The molecule has 0 unspecified atom stereocenters. The maximum absolute atomic E-state index is 14.9. The molecular formula is C19H27FN6O4. The Morgan fingerprint density at radius 2 is 1.90 bits per heavy atom. The van der Waals surface area contributed by atoms with Gasteiger partial charge in [0.1, 0.15) is 6.61 Å². The molecule has 2 heterocycles. The lowest BCUT2D eigenvalue weighted by atomic mass is 10.1. The lowest BCUT2D eigenvalue weighted by Crippen LogP contribution is -2.57. The van der Waals surface area contributed by atoms with Gasteiger partial charge in [-0.15, -0.1) is 4.99 Å². The van der Waals surface area contributed by atoms with Crippen molar-refractivity contribution >= 4 is 23.6 Å². The standard InChI is InChI=1S/C19H27FN6O4/c1-29-14-9-24(10-14)11-16(27)26-7-5-25(6-8-26)15-4-2-3-13(17(15)20)12-30-19(28)23-18(21)22/h2-4,14H,5-12H2,1H3,(H4,21,22,23,28). The second-order valence-electron chi connectivity index (χ2n) is 7.26. The first kappa shape index (κ1) is 21.8. The summed E-state index contributed by atoms with van der Waals surface area (Å²) >= 11 is 0. The van der Waals surface area contributed by atoms with E-state index in [1.807, 2.05) is 4.90 Å². The summed E-state index contributed by atoms with van der Waals surface area (Å²) in [6.45, 7) is 3.70. The van der Waals surface area contributed by atoms with Crippen LogP contribution < -0.4 is 16.4 Å². The van der Waals surface area contributed by atoms with Gasteiger partial charge in [-0.1, -0.05) is 12.1 Å². The number of carbonyl (C=O) groups excluding carboxylic acids is 2. The highest BCUT2D eigenvalue weighted by Gasteiger charge is 2.30. The zero-order chi connectivity index (χ0) is 21.7. The van der Waals surface area contributed by atoms with Crippen LogP contribution in [0.1, 0.15) is 5.56 Å². The van der Waals surface area contributed by atoms with Crippen LogP contribution in [-0.4, -0.2) is 86.8 Å². The van der Waals surface area contributed by atoms with E-state index < -0.39 is 17.9 Å². The number of rotatable bonds is 6. The molecule has 164 valence electrons. The van der Waals surface area contributed by atoms with Gasteiger partial charge in [0.15, 0.2) is 11.8 Å². The minimum absolute atomic E-state index is 0.0741. The Morgan fingerprint density at radius 1 is 1.20 bits per heavy atom. The lowest BCUT2D eigenvalue weighted by Gasteiger charge is -2.40. The van der Waals surface area contributed by atoms with Gasteiger partial charge in [-0.3, -0.25) is 9.69 Å². The summed E-state index contributed by atoms with van der Waals surface area (Å²) in [7, 11) is 1.67. The summed E-state index contributed by atoms with van der Waals surface area (Å²) in [6.07, 6.45) is -0.769. The highest BCUT2D eigenvalue weighted by molar-refractivity contribution is 5.87. The third-order valence-corrected chi connectivity index (χ3v) is 5.22. The molecule has 0 spiro atoms. The van der Waals surface area contributed by atoms with Crippen molar-refractivity contribution in [2.45, 2.75) is 12.7 Å². The summed E-state index contributed by atoms with van der Waals surface area (Å²) in [5, 5.41) is 0. The minimum atomic E-state index is -0.981. The third-order valence-electron chi connectivity index (χ3n) is 5.22. The number of methoxy groups -OCH3 is 1. The molecule has 0 saturated carbocycles. The van der Waals surface area contributed by atoms with Crippen LogP contribution in [0.4, 0.5) is 14.9 Å². The molecule has 1 aromatic carbocycles. The highest BCUT2D eigenvalue weighted by Crippen LogP contribution is 2.24. The van der Waals surface area contributed by atoms with Crippen LogP contribution in [-0.2, 0) is 20.9 Å². The van der Waals surface area contributed by atoms with E-state index in [1.54, 1.807) is 24.1 Å². The van der Waals surface area contributed by atoms with E-state index in [0.29, 0.717) is 38.4 Å². The first-order valence-electron chi connectivity index (χ1n) is 9.69. The van der Waals surface area contributed by atoms with Crippen LogP contribution in [0.2, 0.25) is 0 Å². The fourth-order valence-corrected chi connectivity index (χ4v) is 3.49. The number of ether oxygens (including phenoxy) is 2. The summed E-state index contributed by atoms with van der Waals surface area (Å²) in [5.41, 5.74) is 10.8. The number of carbonyl (C=O) groups is 2. The molecule has 11 heteroatoms. The van der Waals surface area contributed by atoms with Gasteiger partial charge in [0.2, 0.25) is 5.91 Å². The minimum Gasteiger partial charge on any atom is -0.443 e. The van der Waals surface area contributed by atoms with Crippen molar-refractivity contribution in [3.8, 4) is 0 Å². The Kier molecular flexibility index (Phi) is 7.06. The summed E-state index contributed by atoms with van der Waals surface area (Å²) in [5.74, 6) is -0.819. The van der Waals surface area contributed by atoms with Gasteiger partial charge < -0.3 is 30.7 Å². The predicted molar refractivity (Wildman–Crippen MR) is 108 cm³/mol. The normalized spacial score (nSPS) is 17.4.